The highest BCUT2D eigenvalue weighted by atomic mass is 35.5. The van der Waals surface area contributed by atoms with E-state index in [9.17, 15) is 9.18 Å². The maximum atomic E-state index is 12.8. The Bertz CT molecular complexity index is 569. The number of ether oxygens (including phenoxy) is 1. The topological polar surface area (TPSA) is 81.0 Å². The average Bonchev–Trinajstić information content (AvgIpc) is 2.72. The summed E-state index contributed by atoms with van der Waals surface area (Å²) in [6, 6.07) is 5.70. The molecule has 0 amide bonds. The van der Waals surface area contributed by atoms with Crippen molar-refractivity contribution in [3.05, 3.63) is 35.8 Å². The largest absolute Gasteiger partial charge is 0.461 e. The van der Waals surface area contributed by atoms with E-state index in [2.05, 4.69) is 9.97 Å². The van der Waals surface area contributed by atoms with Crippen molar-refractivity contribution in [2.75, 3.05) is 12.3 Å². The van der Waals surface area contributed by atoms with Crippen LogP contribution in [0.3, 0.4) is 0 Å². The predicted molar refractivity (Wildman–Crippen MR) is 71.6 cm³/mol. The highest BCUT2D eigenvalue weighted by Gasteiger charge is 2.16. The third-order valence-electron chi connectivity index (χ3n) is 2.33. The summed E-state index contributed by atoms with van der Waals surface area (Å²) in [5.74, 6) is -0.442. The summed E-state index contributed by atoms with van der Waals surface area (Å²) in [6.45, 7) is 1.95. The van der Waals surface area contributed by atoms with Gasteiger partial charge < -0.3 is 15.5 Å². The molecule has 102 valence electrons. The number of anilines is 1. The average molecular weight is 286 g/mol. The third kappa shape index (κ3) is 3.23. The van der Waals surface area contributed by atoms with Gasteiger partial charge in [0.15, 0.2) is 11.5 Å². The summed E-state index contributed by atoms with van der Waals surface area (Å²) in [7, 11) is 0. The van der Waals surface area contributed by atoms with Crippen LogP contribution in [0.1, 0.15) is 17.4 Å². The van der Waals surface area contributed by atoms with Gasteiger partial charge in [-0.05, 0) is 31.2 Å². The Balaban J connectivity index is 0.00000180. The van der Waals surface area contributed by atoms with E-state index in [4.69, 9.17) is 10.5 Å². The van der Waals surface area contributed by atoms with E-state index < -0.39 is 5.97 Å². The van der Waals surface area contributed by atoms with Gasteiger partial charge in [-0.3, -0.25) is 0 Å². The van der Waals surface area contributed by atoms with Crippen molar-refractivity contribution >= 4 is 24.2 Å². The summed E-state index contributed by atoms with van der Waals surface area (Å²) < 4.78 is 17.6. The summed E-state index contributed by atoms with van der Waals surface area (Å²) in [5, 5.41) is 0. The highest BCUT2D eigenvalue weighted by molar-refractivity contribution is 5.93. The minimum atomic E-state index is -0.559. The summed E-state index contributed by atoms with van der Waals surface area (Å²) in [5.41, 5.74) is 6.37. The first-order valence-corrected chi connectivity index (χ1v) is 5.40. The molecule has 0 saturated heterocycles. The van der Waals surface area contributed by atoms with Crippen LogP contribution in [0.4, 0.5) is 10.2 Å². The quantitative estimate of drug-likeness (QED) is 0.849. The Morgan fingerprint density at radius 2 is 2.05 bits per heavy atom. The van der Waals surface area contributed by atoms with Gasteiger partial charge in [-0.2, -0.15) is 0 Å². The monoisotopic (exact) mass is 285 g/mol. The molecule has 3 N–H and O–H groups in total. The highest BCUT2D eigenvalue weighted by Crippen LogP contribution is 2.20. The van der Waals surface area contributed by atoms with Crippen LogP contribution in [-0.2, 0) is 4.74 Å². The van der Waals surface area contributed by atoms with Gasteiger partial charge in [-0.1, -0.05) is 0 Å². The molecule has 0 aliphatic rings. The lowest BCUT2D eigenvalue weighted by Gasteiger charge is -1.98. The van der Waals surface area contributed by atoms with Crippen molar-refractivity contribution in [2.45, 2.75) is 6.92 Å². The number of imidazole rings is 1. The van der Waals surface area contributed by atoms with Gasteiger partial charge in [0.2, 0.25) is 0 Å². The molecular weight excluding hydrogens is 273 g/mol. The molecule has 0 saturated carbocycles. The lowest BCUT2D eigenvalue weighted by Crippen LogP contribution is -2.07. The van der Waals surface area contributed by atoms with Crippen molar-refractivity contribution in [3.63, 3.8) is 0 Å². The van der Waals surface area contributed by atoms with Crippen LogP contribution in [-0.4, -0.2) is 22.5 Å². The summed E-state index contributed by atoms with van der Waals surface area (Å²) in [4.78, 5) is 18.3. The zero-order valence-electron chi connectivity index (χ0n) is 10.1. The molecule has 2 rings (SSSR count). The molecule has 0 fully saturated rings. The van der Waals surface area contributed by atoms with Crippen LogP contribution in [0.5, 0.6) is 0 Å². The third-order valence-corrected chi connectivity index (χ3v) is 2.33. The fraction of sp³-hybridized carbons (Fsp3) is 0.167. The van der Waals surface area contributed by atoms with Crippen molar-refractivity contribution in [1.82, 2.24) is 9.97 Å². The smallest absolute Gasteiger partial charge is 0.358 e. The minimum Gasteiger partial charge on any atom is -0.461 e. The Morgan fingerprint density at radius 1 is 1.42 bits per heavy atom. The van der Waals surface area contributed by atoms with Gasteiger partial charge in [0.1, 0.15) is 11.6 Å². The molecule has 0 aliphatic carbocycles. The van der Waals surface area contributed by atoms with Gasteiger partial charge >= 0.3 is 5.97 Å². The SMILES string of the molecule is CCOC(=O)c1[nH]c(-c2ccc(F)cc2)nc1N.Cl. The van der Waals surface area contributed by atoms with Crippen molar-refractivity contribution in [1.29, 1.82) is 0 Å². The Kier molecular flexibility index (Phi) is 4.88. The van der Waals surface area contributed by atoms with Gasteiger partial charge in [-0.25, -0.2) is 14.2 Å². The fourth-order valence-corrected chi connectivity index (χ4v) is 1.49. The molecule has 19 heavy (non-hydrogen) atoms. The number of nitrogens with two attached hydrogens (primary N) is 1. The van der Waals surface area contributed by atoms with E-state index in [-0.39, 0.29) is 36.3 Å². The van der Waals surface area contributed by atoms with E-state index in [1.54, 1.807) is 19.1 Å². The maximum absolute atomic E-state index is 12.8. The number of nitrogens with zero attached hydrogens (tertiary/aromatic N) is 1. The van der Waals surface area contributed by atoms with E-state index in [0.717, 1.165) is 0 Å². The Hall–Kier alpha value is -2.08. The molecule has 1 heterocycles. The number of hydrogen-bond donors (Lipinski definition) is 2. The van der Waals surface area contributed by atoms with Crippen LogP contribution >= 0.6 is 12.4 Å². The molecular formula is C12H13ClFN3O2. The first-order chi connectivity index (χ1) is 8.61. The standard InChI is InChI=1S/C12H12FN3O2.ClH/c1-2-18-12(17)9-10(14)16-11(15-9)7-3-5-8(13)6-4-7;/h3-6H,2,14H2,1H3,(H,15,16);1H. The first kappa shape index (κ1) is 15.0. The van der Waals surface area contributed by atoms with Crippen LogP contribution in [0.2, 0.25) is 0 Å². The van der Waals surface area contributed by atoms with Gasteiger partial charge in [0.05, 0.1) is 6.61 Å². The lowest BCUT2D eigenvalue weighted by molar-refractivity contribution is 0.0521. The van der Waals surface area contributed by atoms with Crippen LogP contribution < -0.4 is 5.73 Å². The summed E-state index contributed by atoms with van der Waals surface area (Å²) in [6.07, 6.45) is 0. The number of esters is 1. The number of benzene rings is 1. The fourth-order valence-electron chi connectivity index (χ4n) is 1.49. The molecule has 0 bridgehead atoms. The molecule has 0 radical (unpaired) electrons. The normalized spacial score (nSPS) is 9.79. The van der Waals surface area contributed by atoms with E-state index in [0.29, 0.717) is 11.4 Å². The molecule has 1 aromatic carbocycles. The van der Waals surface area contributed by atoms with Crippen LogP contribution in [0.15, 0.2) is 24.3 Å². The van der Waals surface area contributed by atoms with E-state index >= 15 is 0 Å². The minimum absolute atomic E-state index is 0. The molecule has 0 unspecified atom stereocenters. The number of nitrogens with one attached hydrogen (secondary N) is 1. The van der Waals surface area contributed by atoms with Crippen LogP contribution in [0.25, 0.3) is 11.4 Å². The van der Waals surface area contributed by atoms with Crippen LogP contribution in [0, 0.1) is 5.82 Å². The number of aromatic nitrogens is 2. The second-order valence-electron chi connectivity index (χ2n) is 3.57. The number of carbonyl (C=O) groups is 1. The number of carbonyl (C=O) groups excluding carboxylic acids is 1. The van der Waals surface area contributed by atoms with Gasteiger partial charge in [0.25, 0.3) is 0 Å². The molecule has 0 atom stereocenters. The van der Waals surface area contributed by atoms with E-state index in [1.807, 2.05) is 0 Å². The molecule has 0 spiro atoms. The number of halogens is 2. The number of rotatable bonds is 3. The maximum Gasteiger partial charge on any atom is 0.358 e. The van der Waals surface area contributed by atoms with Crippen molar-refractivity contribution < 1.29 is 13.9 Å². The summed E-state index contributed by atoms with van der Waals surface area (Å²) >= 11 is 0. The number of hydrogen-bond acceptors (Lipinski definition) is 4. The Labute approximate surface area is 115 Å². The zero-order valence-corrected chi connectivity index (χ0v) is 11.0. The van der Waals surface area contributed by atoms with Crippen molar-refractivity contribution in [3.8, 4) is 11.4 Å². The second kappa shape index (κ2) is 6.19. The Morgan fingerprint density at radius 3 is 2.63 bits per heavy atom. The van der Waals surface area contributed by atoms with E-state index in [1.165, 1.54) is 12.1 Å². The van der Waals surface area contributed by atoms with Gasteiger partial charge in [-0.15, -0.1) is 12.4 Å². The molecule has 5 nitrogen and oxygen atoms in total. The lowest BCUT2D eigenvalue weighted by atomic mass is 10.2. The molecule has 2 aromatic rings. The first-order valence-electron chi connectivity index (χ1n) is 5.40. The number of H-pyrrole nitrogens is 1. The molecule has 0 aliphatic heterocycles. The second-order valence-corrected chi connectivity index (χ2v) is 3.57. The molecule has 1 aromatic heterocycles. The zero-order chi connectivity index (χ0) is 13.1. The van der Waals surface area contributed by atoms with Crippen molar-refractivity contribution in [2.24, 2.45) is 0 Å². The molecule has 7 heteroatoms. The number of nitrogen functional groups attached to an aromatic ring is 1. The van der Waals surface area contributed by atoms with Gasteiger partial charge in [0, 0.05) is 5.56 Å². The number of aromatic amines is 1. The predicted octanol–water partition coefficient (Wildman–Crippen LogP) is 2.40.